The smallest absolute Gasteiger partial charge is 0.262 e. The number of aryl methyl sites for hydroxylation is 1. The van der Waals surface area contributed by atoms with E-state index in [1.165, 1.54) is 17.7 Å². The Bertz CT molecular complexity index is 981. The lowest BCUT2D eigenvalue weighted by molar-refractivity contribution is -0.116. The predicted octanol–water partition coefficient (Wildman–Crippen LogP) is 2.94. The highest BCUT2D eigenvalue weighted by Gasteiger charge is 2.12. The molecule has 0 fully saturated rings. The lowest BCUT2D eigenvalue weighted by atomic mass is 10.3. The molecule has 0 saturated carbocycles. The van der Waals surface area contributed by atoms with Gasteiger partial charge in [0.25, 0.3) is 5.56 Å². The van der Waals surface area contributed by atoms with Gasteiger partial charge in [0.2, 0.25) is 5.91 Å². The minimum atomic E-state index is -0.880. The van der Waals surface area contributed by atoms with Gasteiger partial charge in [0.1, 0.15) is 23.0 Å². The van der Waals surface area contributed by atoms with Gasteiger partial charge < -0.3 is 5.32 Å². The van der Waals surface area contributed by atoms with Crippen LogP contribution in [0.5, 0.6) is 0 Å². The number of benzene rings is 1. The zero-order chi connectivity index (χ0) is 17.3. The fraction of sp³-hybridized carbons (Fsp3) is 0.188. The van der Waals surface area contributed by atoms with E-state index < -0.39 is 17.5 Å². The summed E-state index contributed by atoms with van der Waals surface area (Å²) >= 11 is 1.43. The van der Waals surface area contributed by atoms with Gasteiger partial charge in [-0.1, -0.05) is 6.92 Å². The molecule has 2 heterocycles. The number of anilines is 1. The molecule has 0 aliphatic heterocycles. The molecular weight excluding hydrogens is 336 g/mol. The van der Waals surface area contributed by atoms with Crippen molar-refractivity contribution in [3.05, 3.63) is 57.5 Å². The second-order valence-corrected chi connectivity index (χ2v) is 6.25. The molecular formula is C16H13F2N3O2S. The average Bonchev–Trinajstić information content (AvgIpc) is 2.97. The molecule has 2 aromatic heterocycles. The van der Waals surface area contributed by atoms with Gasteiger partial charge in [0.05, 0.1) is 17.4 Å². The van der Waals surface area contributed by atoms with Crippen LogP contribution in [0.15, 0.2) is 35.4 Å². The molecule has 3 rings (SSSR count). The number of hydrogen-bond acceptors (Lipinski definition) is 4. The standard InChI is InChI=1S/C16H13F2N3O2S/c1-2-10-6-11-15(24-10)19-8-21(16(11)23)7-14(22)20-13-4-3-9(17)5-12(13)18/h3-6,8H,2,7H2,1H3,(H,20,22). The van der Waals surface area contributed by atoms with Crippen molar-refractivity contribution in [3.8, 4) is 0 Å². The summed E-state index contributed by atoms with van der Waals surface area (Å²) in [4.78, 5) is 30.2. The molecule has 24 heavy (non-hydrogen) atoms. The molecule has 8 heteroatoms. The van der Waals surface area contributed by atoms with E-state index in [1.807, 2.05) is 6.92 Å². The third-order valence-corrected chi connectivity index (χ3v) is 4.62. The number of amides is 1. The summed E-state index contributed by atoms with van der Waals surface area (Å²) in [5.41, 5.74) is -0.474. The number of aromatic nitrogens is 2. The Morgan fingerprint density at radius 3 is 2.83 bits per heavy atom. The number of halogens is 2. The Labute approximate surface area is 139 Å². The Balaban J connectivity index is 1.82. The van der Waals surface area contributed by atoms with Crippen LogP contribution >= 0.6 is 11.3 Å². The van der Waals surface area contributed by atoms with Crippen LogP contribution < -0.4 is 10.9 Å². The van der Waals surface area contributed by atoms with Crippen molar-refractivity contribution in [2.24, 2.45) is 0 Å². The molecule has 124 valence electrons. The highest BCUT2D eigenvalue weighted by atomic mass is 32.1. The summed E-state index contributed by atoms with van der Waals surface area (Å²) in [6.45, 7) is 1.67. The van der Waals surface area contributed by atoms with Crippen LogP contribution in [0, 0.1) is 11.6 Å². The summed E-state index contributed by atoms with van der Waals surface area (Å²) in [5, 5.41) is 2.77. The summed E-state index contributed by atoms with van der Waals surface area (Å²) in [7, 11) is 0. The molecule has 0 aliphatic carbocycles. The molecule has 5 nitrogen and oxygen atoms in total. The number of carbonyl (C=O) groups excluding carboxylic acids is 1. The van der Waals surface area contributed by atoms with Gasteiger partial charge in [-0.25, -0.2) is 13.8 Å². The van der Waals surface area contributed by atoms with Crippen molar-refractivity contribution in [2.75, 3.05) is 5.32 Å². The highest BCUT2D eigenvalue weighted by molar-refractivity contribution is 7.18. The SMILES string of the molecule is CCc1cc2c(=O)n(CC(=O)Nc3ccc(F)cc3F)cnc2s1. The number of rotatable bonds is 4. The van der Waals surface area contributed by atoms with Gasteiger partial charge in [0, 0.05) is 10.9 Å². The normalized spacial score (nSPS) is 11.0. The second-order valence-electron chi connectivity index (χ2n) is 5.14. The number of nitrogens with one attached hydrogen (secondary N) is 1. The molecule has 1 aromatic carbocycles. The quantitative estimate of drug-likeness (QED) is 0.788. The zero-order valence-electron chi connectivity index (χ0n) is 12.7. The van der Waals surface area contributed by atoms with Crippen LogP contribution in [0.4, 0.5) is 14.5 Å². The molecule has 1 amide bonds. The number of carbonyl (C=O) groups is 1. The highest BCUT2D eigenvalue weighted by Crippen LogP contribution is 2.21. The van der Waals surface area contributed by atoms with E-state index in [0.717, 1.165) is 28.0 Å². The predicted molar refractivity (Wildman–Crippen MR) is 88.2 cm³/mol. The Morgan fingerprint density at radius 1 is 1.33 bits per heavy atom. The Morgan fingerprint density at radius 2 is 2.12 bits per heavy atom. The van der Waals surface area contributed by atoms with E-state index in [-0.39, 0.29) is 17.8 Å². The van der Waals surface area contributed by atoms with E-state index in [9.17, 15) is 18.4 Å². The summed E-state index contributed by atoms with van der Waals surface area (Å²) in [6, 6.07) is 4.60. The molecule has 0 atom stereocenters. The van der Waals surface area contributed by atoms with E-state index >= 15 is 0 Å². The van der Waals surface area contributed by atoms with Crippen LogP contribution in [-0.2, 0) is 17.8 Å². The van der Waals surface area contributed by atoms with Crippen LogP contribution in [0.2, 0.25) is 0 Å². The summed E-state index contributed by atoms with van der Waals surface area (Å²) < 4.78 is 27.6. The van der Waals surface area contributed by atoms with Crippen molar-refractivity contribution >= 4 is 33.1 Å². The van der Waals surface area contributed by atoms with Gasteiger partial charge in [-0.05, 0) is 24.6 Å². The number of thiophene rings is 1. The number of fused-ring (bicyclic) bond motifs is 1. The average molecular weight is 349 g/mol. The van der Waals surface area contributed by atoms with Crippen LogP contribution in [0.25, 0.3) is 10.2 Å². The Kier molecular flexibility index (Phi) is 4.39. The molecule has 0 aliphatic rings. The molecule has 0 bridgehead atoms. The van der Waals surface area contributed by atoms with E-state index in [1.54, 1.807) is 6.07 Å². The minimum absolute atomic E-state index is 0.146. The van der Waals surface area contributed by atoms with Crippen molar-refractivity contribution in [3.63, 3.8) is 0 Å². The monoisotopic (exact) mass is 349 g/mol. The van der Waals surface area contributed by atoms with Crippen molar-refractivity contribution in [1.82, 2.24) is 9.55 Å². The molecule has 0 spiro atoms. The molecule has 0 radical (unpaired) electrons. The van der Waals surface area contributed by atoms with Crippen LogP contribution in [0.1, 0.15) is 11.8 Å². The van der Waals surface area contributed by atoms with E-state index in [4.69, 9.17) is 0 Å². The maximum Gasteiger partial charge on any atom is 0.262 e. The van der Waals surface area contributed by atoms with Crippen LogP contribution in [0.3, 0.4) is 0 Å². The second kappa shape index (κ2) is 6.48. The molecule has 1 N–H and O–H groups in total. The molecule has 0 saturated heterocycles. The fourth-order valence-electron chi connectivity index (χ4n) is 2.23. The zero-order valence-corrected chi connectivity index (χ0v) is 13.5. The van der Waals surface area contributed by atoms with Gasteiger partial charge in [-0.3, -0.25) is 14.2 Å². The molecule has 0 unspecified atom stereocenters. The lowest BCUT2D eigenvalue weighted by Crippen LogP contribution is -2.27. The summed E-state index contributed by atoms with van der Waals surface area (Å²) in [5.74, 6) is -2.22. The third kappa shape index (κ3) is 3.18. The van der Waals surface area contributed by atoms with Gasteiger partial charge in [-0.15, -0.1) is 11.3 Å². The topological polar surface area (TPSA) is 64.0 Å². The van der Waals surface area contributed by atoms with Gasteiger partial charge in [0.15, 0.2) is 0 Å². The van der Waals surface area contributed by atoms with Gasteiger partial charge in [-0.2, -0.15) is 0 Å². The maximum atomic E-state index is 13.5. The first kappa shape index (κ1) is 16.3. The maximum absolute atomic E-state index is 13.5. The van der Waals surface area contributed by atoms with E-state index in [2.05, 4.69) is 10.3 Å². The van der Waals surface area contributed by atoms with Gasteiger partial charge >= 0.3 is 0 Å². The number of nitrogens with zero attached hydrogens (tertiary/aromatic N) is 2. The first-order chi connectivity index (χ1) is 11.5. The van der Waals surface area contributed by atoms with Crippen molar-refractivity contribution in [1.29, 1.82) is 0 Å². The van der Waals surface area contributed by atoms with Crippen molar-refractivity contribution < 1.29 is 13.6 Å². The first-order valence-electron chi connectivity index (χ1n) is 7.20. The summed E-state index contributed by atoms with van der Waals surface area (Å²) in [6.07, 6.45) is 2.09. The lowest BCUT2D eigenvalue weighted by Gasteiger charge is -2.08. The third-order valence-electron chi connectivity index (χ3n) is 3.44. The number of hydrogen-bond donors (Lipinski definition) is 1. The largest absolute Gasteiger partial charge is 0.322 e. The van der Waals surface area contributed by atoms with E-state index in [0.29, 0.717) is 16.3 Å². The molecule has 3 aromatic rings. The van der Waals surface area contributed by atoms with Crippen molar-refractivity contribution in [2.45, 2.75) is 19.9 Å². The fourth-order valence-corrected chi connectivity index (χ4v) is 3.16. The Hall–Kier alpha value is -2.61. The minimum Gasteiger partial charge on any atom is -0.322 e. The first-order valence-corrected chi connectivity index (χ1v) is 8.02. The van der Waals surface area contributed by atoms with Crippen LogP contribution in [-0.4, -0.2) is 15.5 Å².